The molecule has 0 saturated carbocycles. The number of aryl methyl sites for hydroxylation is 1. The summed E-state index contributed by atoms with van der Waals surface area (Å²) in [7, 11) is -1.93. The second kappa shape index (κ2) is 9.19. The lowest BCUT2D eigenvalue weighted by atomic mass is 10.0. The first kappa shape index (κ1) is 22.7. The zero-order chi connectivity index (χ0) is 22.9. The first-order valence-corrected chi connectivity index (χ1v) is 12.2. The largest absolute Gasteiger partial charge is 0.349 e. The van der Waals surface area contributed by atoms with Gasteiger partial charge in [-0.25, -0.2) is 13.4 Å². The third-order valence-corrected chi connectivity index (χ3v) is 7.82. The SMILES string of the molecule is Cn1cnc(S(=O)(=O)N2CCC(NC(=O)c3ccc(Cl)c(-c4ccccn4)c3Cl)CC2)c1. The van der Waals surface area contributed by atoms with Crippen molar-refractivity contribution in [3.63, 3.8) is 0 Å². The molecule has 3 heterocycles. The number of carbonyl (C=O) groups excluding carboxylic acids is 1. The molecule has 3 aromatic rings. The van der Waals surface area contributed by atoms with Crippen LogP contribution in [-0.4, -0.2) is 52.3 Å². The van der Waals surface area contributed by atoms with E-state index in [4.69, 9.17) is 23.2 Å². The predicted molar refractivity (Wildman–Crippen MR) is 122 cm³/mol. The highest BCUT2D eigenvalue weighted by atomic mass is 35.5. The summed E-state index contributed by atoms with van der Waals surface area (Å²) in [5, 5.41) is 3.61. The van der Waals surface area contributed by atoms with Crippen LogP contribution in [-0.2, 0) is 17.1 Å². The number of sulfonamides is 1. The average molecular weight is 494 g/mol. The van der Waals surface area contributed by atoms with Crippen LogP contribution in [0.25, 0.3) is 11.3 Å². The molecule has 1 aromatic carbocycles. The fourth-order valence-corrected chi connectivity index (χ4v) is 5.72. The molecule has 168 valence electrons. The fourth-order valence-electron chi connectivity index (χ4n) is 3.63. The van der Waals surface area contributed by atoms with Gasteiger partial charge < -0.3 is 9.88 Å². The predicted octanol–water partition coefficient (Wildman–Crippen LogP) is 3.37. The Morgan fingerprint density at radius 1 is 1.12 bits per heavy atom. The number of amides is 1. The van der Waals surface area contributed by atoms with Crippen LogP contribution in [0.5, 0.6) is 0 Å². The molecule has 11 heteroatoms. The van der Waals surface area contributed by atoms with Gasteiger partial charge in [-0.15, -0.1) is 0 Å². The molecule has 1 aliphatic heterocycles. The molecule has 1 fully saturated rings. The van der Waals surface area contributed by atoms with Crippen LogP contribution < -0.4 is 5.32 Å². The molecule has 0 spiro atoms. The maximum atomic E-state index is 12.9. The maximum absolute atomic E-state index is 12.9. The van der Waals surface area contributed by atoms with Crippen molar-refractivity contribution in [2.24, 2.45) is 7.05 Å². The third kappa shape index (κ3) is 4.52. The molecule has 0 bridgehead atoms. The Labute approximate surface area is 196 Å². The van der Waals surface area contributed by atoms with E-state index in [1.807, 2.05) is 6.07 Å². The van der Waals surface area contributed by atoms with Crippen molar-refractivity contribution >= 4 is 39.1 Å². The van der Waals surface area contributed by atoms with Gasteiger partial charge in [0.05, 0.1) is 27.6 Å². The Bertz CT molecular complexity index is 1240. The van der Waals surface area contributed by atoms with Crippen LogP contribution in [0.4, 0.5) is 0 Å². The number of imidazole rings is 1. The molecule has 8 nitrogen and oxygen atoms in total. The maximum Gasteiger partial charge on any atom is 0.262 e. The van der Waals surface area contributed by atoms with Gasteiger partial charge in [-0.2, -0.15) is 4.31 Å². The molecule has 0 aliphatic carbocycles. The van der Waals surface area contributed by atoms with Gasteiger partial charge in [0.25, 0.3) is 15.9 Å². The van der Waals surface area contributed by atoms with Crippen LogP contribution >= 0.6 is 23.2 Å². The Hall–Kier alpha value is -2.46. The van der Waals surface area contributed by atoms with Crippen LogP contribution in [0.1, 0.15) is 23.2 Å². The molecule has 1 N–H and O–H groups in total. The Balaban J connectivity index is 1.45. The first-order chi connectivity index (χ1) is 15.3. The number of nitrogens with zero attached hydrogens (tertiary/aromatic N) is 4. The Morgan fingerprint density at radius 2 is 1.88 bits per heavy atom. The number of halogens is 2. The number of benzene rings is 1. The minimum atomic E-state index is -3.65. The Morgan fingerprint density at radius 3 is 2.50 bits per heavy atom. The third-order valence-electron chi connectivity index (χ3n) is 5.33. The summed E-state index contributed by atoms with van der Waals surface area (Å²) in [4.78, 5) is 21.2. The summed E-state index contributed by atoms with van der Waals surface area (Å²) >= 11 is 12.9. The van der Waals surface area contributed by atoms with E-state index in [1.165, 1.54) is 16.8 Å². The van der Waals surface area contributed by atoms with E-state index in [9.17, 15) is 13.2 Å². The molecule has 0 radical (unpaired) electrons. The highest BCUT2D eigenvalue weighted by Gasteiger charge is 2.32. The minimum Gasteiger partial charge on any atom is -0.349 e. The van der Waals surface area contributed by atoms with E-state index in [-0.39, 0.29) is 35.1 Å². The minimum absolute atomic E-state index is 0.0254. The van der Waals surface area contributed by atoms with Gasteiger partial charge >= 0.3 is 0 Å². The zero-order valence-corrected chi connectivity index (χ0v) is 19.5. The highest BCUT2D eigenvalue weighted by Crippen LogP contribution is 2.36. The molecular weight excluding hydrogens is 473 g/mol. The highest BCUT2D eigenvalue weighted by molar-refractivity contribution is 7.89. The van der Waals surface area contributed by atoms with Crippen molar-refractivity contribution in [1.82, 2.24) is 24.2 Å². The summed E-state index contributed by atoms with van der Waals surface area (Å²) in [6.07, 6.45) is 5.52. The lowest BCUT2D eigenvalue weighted by molar-refractivity contribution is 0.0924. The number of rotatable bonds is 5. The summed E-state index contributed by atoms with van der Waals surface area (Å²) in [6.45, 7) is 0.578. The monoisotopic (exact) mass is 493 g/mol. The van der Waals surface area contributed by atoms with Gasteiger partial charge in [0.2, 0.25) is 0 Å². The van der Waals surface area contributed by atoms with Gasteiger partial charge in [0.1, 0.15) is 0 Å². The van der Waals surface area contributed by atoms with Gasteiger partial charge in [0, 0.05) is 44.1 Å². The second-order valence-corrected chi connectivity index (χ2v) is 10.2. The van der Waals surface area contributed by atoms with Crippen molar-refractivity contribution in [1.29, 1.82) is 0 Å². The van der Waals surface area contributed by atoms with E-state index in [2.05, 4.69) is 15.3 Å². The van der Waals surface area contributed by atoms with Gasteiger partial charge in [-0.05, 0) is 37.1 Å². The Kier molecular flexibility index (Phi) is 6.52. The van der Waals surface area contributed by atoms with Gasteiger partial charge in [-0.1, -0.05) is 29.3 Å². The second-order valence-electron chi connectivity index (χ2n) is 7.53. The number of aromatic nitrogens is 3. The molecule has 0 unspecified atom stereocenters. The standard InChI is InChI=1S/C21H21Cl2N5O3S/c1-27-12-18(25-13-27)32(30,31)28-10-7-14(8-11-28)26-21(29)15-5-6-16(22)19(20(15)23)17-4-2-3-9-24-17/h2-6,9,12-14H,7-8,10-11H2,1H3,(H,26,29). The zero-order valence-electron chi connectivity index (χ0n) is 17.2. The van der Waals surface area contributed by atoms with Gasteiger partial charge in [0.15, 0.2) is 5.03 Å². The lowest BCUT2D eigenvalue weighted by Crippen LogP contribution is -2.46. The number of piperidine rings is 1. The van der Waals surface area contributed by atoms with E-state index in [1.54, 1.807) is 42.1 Å². The van der Waals surface area contributed by atoms with Crippen molar-refractivity contribution in [3.8, 4) is 11.3 Å². The van der Waals surface area contributed by atoms with Crippen LogP contribution in [0.2, 0.25) is 10.0 Å². The lowest BCUT2D eigenvalue weighted by Gasteiger charge is -2.31. The average Bonchev–Trinajstić information content (AvgIpc) is 3.22. The molecule has 1 amide bonds. The number of nitrogens with one attached hydrogen (secondary N) is 1. The van der Waals surface area contributed by atoms with Crippen molar-refractivity contribution in [2.75, 3.05) is 13.1 Å². The summed E-state index contributed by atoms with van der Waals surface area (Å²) in [5.41, 5.74) is 1.36. The van der Waals surface area contributed by atoms with Crippen molar-refractivity contribution < 1.29 is 13.2 Å². The van der Waals surface area contributed by atoms with Crippen molar-refractivity contribution in [3.05, 3.63) is 64.7 Å². The molecule has 1 aliphatic rings. The topological polar surface area (TPSA) is 97.2 Å². The molecule has 2 aromatic heterocycles. The van der Waals surface area contributed by atoms with Crippen LogP contribution in [0.3, 0.4) is 0 Å². The number of hydrogen-bond donors (Lipinski definition) is 1. The smallest absolute Gasteiger partial charge is 0.262 e. The quantitative estimate of drug-likeness (QED) is 0.587. The molecule has 4 rings (SSSR count). The normalized spacial score (nSPS) is 15.6. The van der Waals surface area contributed by atoms with E-state index in [0.717, 1.165) is 0 Å². The molecule has 0 atom stereocenters. The van der Waals surface area contributed by atoms with Crippen LogP contribution in [0.15, 0.2) is 54.1 Å². The molecular formula is C21H21Cl2N5O3S. The van der Waals surface area contributed by atoms with E-state index < -0.39 is 10.0 Å². The molecule has 1 saturated heterocycles. The van der Waals surface area contributed by atoms with E-state index in [0.29, 0.717) is 34.7 Å². The van der Waals surface area contributed by atoms with E-state index >= 15 is 0 Å². The number of carbonyl (C=O) groups is 1. The summed E-state index contributed by atoms with van der Waals surface area (Å²) < 4.78 is 28.4. The number of pyridine rings is 1. The number of hydrogen-bond acceptors (Lipinski definition) is 5. The fraction of sp³-hybridized carbons (Fsp3) is 0.286. The van der Waals surface area contributed by atoms with Gasteiger partial charge in [-0.3, -0.25) is 9.78 Å². The first-order valence-electron chi connectivity index (χ1n) is 9.96. The van der Waals surface area contributed by atoms with Crippen LogP contribution in [0, 0.1) is 0 Å². The summed E-state index contributed by atoms with van der Waals surface area (Å²) in [5.74, 6) is -0.338. The van der Waals surface area contributed by atoms with Crippen molar-refractivity contribution in [2.45, 2.75) is 23.9 Å². The summed E-state index contributed by atoms with van der Waals surface area (Å²) in [6, 6.07) is 8.38. The molecule has 32 heavy (non-hydrogen) atoms.